The molecule has 5 heterocycles. The summed E-state index contributed by atoms with van der Waals surface area (Å²) in [6.07, 6.45) is 17.2. The number of ether oxygens (including phenoxy) is 3. The quantitative estimate of drug-likeness (QED) is 0.139. The van der Waals surface area contributed by atoms with Gasteiger partial charge >= 0.3 is 5.97 Å². The number of unbranched alkanes of at least 4 members (excludes halogenated alkanes) is 3. The average molecular weight is 770 g/mol. The molecule has 0 bridgehead atoms. The number of alkyl halides is 1. The van der Waals surface area contributed by atoms with E-state index < -0.39 is 5.97 Å². The first-order chi connectivity index (χ1) is 27.0. The number of hydrogen-bond donors (Lipinski definition) is 2. The fourth-order valence-corrected chi connectivity index (χ4v) is 9.97. The van der Waals surface area contributed by atoms with Gasteiger partial charge in [0.05, 0.1) is 31.4 Å². The molecular formula is C45H56ClN3O6. The number of aromatic carboxylic acids is 1. The number of aryl methyl sites for hydroxylation is 1. The minimum Gasteiger partial charge on any atom is -0.478 e. The summed E-state index contributed by atoms with van der Waals surface area (Å²) in [4.78, 5) is 32.0. The van der Waals surface area contributed by atoms with Crippen molar-refractivity contribution in [3.05, 3.63) is 86.2 Å². The van der Waals surface area contributed by atoms with Crippen molar-refractivity contribution in [3.63, 3.8) is 0 Å². The van der Waals surface area contributed by atoms with E-state index in [9.17, 15) is 14.7 Å². The topological polar surface area (TPSA) is 101 Å². The number of benzene rings is 2. The van der Waals surface area contributed by atoms with Crippen LogP contribution in [0.1, 0.15) is 120 Å². The number of nitrogens with zero attached hydrogens (tertiary/aromatic N) is 2. The first-order valence-electron chi connectivity index (χ1n) is 20.9. The lowest BCUT2D eigenvalue weighted by Crippen LogP contribution is -2.44. The van der Waals surface area contributed by atoms with Gasteiger partial charge in [0.15, 0.2) is 0 Å². The molecule has 9 nitrogen and oxygen atoms in total. The molecule has 2 fully saturated rings. The van der Waals surface area contributed by atoms with Crippen molar-refractivity contribution in [2.45, 2.75) is 95.9 Å². The van der Waals surface area contributed by atoms with Crippen molar-refractivity contribution in [2.24, 2.45) is 0 Å². The van der Waals surface area contributed by atoms with E-state index >= 15 is 0 Å². The van der Waals surface area contributed by atoms with Gasteiger partial charge in [-0.1, -0.05) is 12.8 Å². The third-order valence-electron chi connectivity index (χ3n) is 12.3. The normalized spacial score (nSPS) is 20.3. The molecule has 0 saturated carbocycles. The zero-order valence-electron chi connectivity index (χ0n) is 32.2. The highest BCUT2D eigenvalue weighted by Crippen LogP contribution is 2.54. The minimum absolute atomic E-state index is 0.190. The van der Waals surface area contributed by atoms with Crippen LogP contribution >= 0.6 is 11.6 Å². The third-order valence-corrected chi connectivity index (χ3v) is 12.6. The zero-order valence-corrected chi connectivity index (χ0v) is 33.0. The molecule has 0 aromatic heterocycles. The minimum atomic E-state index is -1.01. The van der Waals surface area contributed by atoms with Gasteiger partial charge in [-0.15, -0.1) is 11.6 Å². The number of carboxylic acid groups (broad SMARTS) is 1. The number of carbonyl (C=O) groups excluding carboxylic acids is 1. The van der Waals surface area contributed by atoms with E-state index in [2.05, 4.69) is 27.3 Å². The fraction of sp³-hybridized carbons (Fsp3) is 0.556. The molecular weight excluding hydrogens is 714 g/mol. The molecule has 1 atom stereocenters. The number of piperidine rings is 1. The first kappa shape index (κ1) is 38.3. The summed E-state index contributed by atoms with van der Waals surface area (Å²) in [6, 6.07) is 7.57. The summed E-state index contributed by atoms with van der Waals surface area (Å²) in [5.41, 5.74) is 10.6. The number of fused-ring (bicyclic) bond motifs is 3. The van der Waals surface area contributed by atoms with Gasteiger partial charge in [-0.2, -0.15) is 0 Å². The number of anilines is 1. The molecule has 2 saturated heterocycles. The molecule has 55 heavy (non-hydrogen) atoms. The monoisotopic (exact) mass is 769 g/mol. The summed E-state index contributed by atoms with van der Waals surface area (Å²) in [5.74, 6) is 1.23. The van der Waals surface area contributed by atoms with Crippen LogP contribution in [0.3, 0.4) is 0 Å². The van der Waals surface area contributed by atoms with Gasteiger partial charge in [0.25, 0.3) is 5.91 Å². The van der Waals surface area contributed by atoms with Crippen LogP contribution in [-0.4, -0.2) is 93.0 Å². The Hall–Kier alpha value is -3.63. The number of hydrogen-bond acceptors (Lipinski definition) is 7. The summed E-state index contributed by atoms with van der Waals surface area (Å²) < 4.78 is 18.7. The second kappa shape index (κ2) is 17.7. The Morgan fingerprint density at radius 3 is 2.49 bits per heavy atom. The second-order valence-electron chi connectivity index (χ2n) is 15.9. The highest BCUT2D eigenvalue weighted by Gasteiger charge is 2.42. The van der Waals surface area contributed by atoms with E-state index in [-0.39, 0.29) is 17.5 Å². The Morgan fingerprint density at radius 1 is 0.836 bits per heavy atom. The van der Waals surface area contributed by atoms with Crippen molar-refractivity contribution < 1.29 is 28.9 Å². The maximum Gasteiger partial charge on any atom is 0.336 e. The number of carbonyl (C=O) groups is 2. The predicted octanol–water partition coefficient (Wildman–Crippen LogP) is 8.07. The predicted molar refractivity (Wildman–Crippen MR) is 217 cm³/mol. The Labute approximate surface area is 330 Å². The summed E-state index contributed by atoms with van der Waals surface area (Å²) in [6.45, 7) is 6.67. The van der Waals surface area contributed by atoms with E-state index in [1.807, 2.05) is 0 Å². The molecule has 1 unspecified atom stereocenters. The molecule has 8 rings (SSSR count). The van der Waals surface area contributed by atoms with Gasteiger partial charge in [-0.25, -0.2) is 4.79 Å². The molecule has 10 heteroatoms. The van der Waals surface area contributed by atoms with Gasteiger partial charge in [0.2, 0.25) is 0 Å². The number of rotatable bonds is 15. The lowest BCUT2D eigenvalue weighted by atomic mass is 9.76. The highest BCUT2D eigenvalue weighted by molar-refractivity contribution is 6.17. The maximum absolute atomic E-state index is 13.7. The smallest absolute Gasteiger partial charge is 0.336 e. The van der Waals surface area contributed by atoms with Gasteiger partial charge in [0.1, 0.15) is 11.5 Å². The molecule has 1 aliphatic carbocycles. The Balaban J connectivity index is 1.13. The van der Waals surface area contributed by atoms with Crippen molar-refractivity contribution in [3.8, 4) is 5.75 Å². The molecule has 2 aromatic rings. The van der Waals surface area contributed by atoms with Crippen LogP contribution in [0.2, 0.25) is 0 Å². The zero-order chi connectivity index (χ0) is 37.7. The number of nitrogens with one attached hydrogen (secondary N) is 1. The van der Waals surface area contributed by atoms with Crippen LogP contribution < -0.4 is 15.0 Å². The SMILES string of the molecule is O=C(NCCOCCOCCCCCCCl)c1ccc(C(=O)O)c(C2=C3C=C4CCCCN5CCCC(=C3Oc3c2cc2c6c3CCCN6CCCC2)C45)c1. The van der Waals surface area contributed by atoms with E-state index in [0.29, 0.717) is 50.0 Å². The van der Waals surface area contributed by atoms with Crippen LogP contribution in [0.5, 0.6) is 5.75 Å². The summed E-state index contributed by atoms with van der Waals surface area (Å²) in [5, 5.41) is 13.7. The summed E-state index contributed by atoms with van der Waals surface area (Å²) in [7, 11) is 0. The molecule has 294 valence electrons. The largest absolute Gasteiger partial charge is 0.478 e. The van der Waals surface area contributed by atoms with Crippen molar-refractivity contribution in [1.29, 1.82) is 0 Å². The van der Waals surface area contributed by atoms with Crippen molar-refractivity contribution >= 4 is 34.7 Å². The number of halogens is 1. The van der Waals surface area contributed by atoms with E-state index in [1.54, 1.807) is 18.2 Å². The molecule has 0 spiro atoms. The van der Waals surface area contributed by atoms with Gasteiger partial charge in [-0.05, 0) is 143 Å². The summed E-state index contributed by atoms with van der Waals surface area (Å²) >= 11 is 5.74. The van der Waals surface area contributed by atoms with Crippen LogP contribution in [-0.2, 0) is 22.3 Å². The first-order valence-corrected chi connectivity index (χ1v) is 21.5. The lowest BCUT2D eigenvalue weighted by molar-refractivity contribution is 0.0468. The van der Waals surface area contributed by atoms with Crippen LogP contribution in [0, 0.1) is 0 Å². The third kappa shape index (κ3) is 8.00. The molecule has 6 aliphatic rings. The molecule has 2 N–H and O–H groups in total. The van der Waals surface area contributed by atoms with Gasteiger partial charge in [-0.3, -0.25) is 9.69 Å². The van der Waals surface area contributed by atoms with Crippen LogP contribution in [0.15, 0.2) is 52.8 Å². The number of allylic oxidation sites excluding steroid dienone is 1. The fourth-order valence-electron chi connectivity index (χ4n) is 9.78. The van der Waals surface area contributed by atoms with Crippen molar-refractivity contribution in [1.82, 2.24) is 10.2 Å². The Morgan fingerprint density at radius 2 is 1.62 bits per heavy atom. The van der Waals surface area contributed by atoms with Gasteiger partial charge < -0.3 is 29.5 Å². The Kier molecular flexibility index (Phi) is 12.3. The van der Waals surface area contributed by atoms with Gasteiger partial charge in [0, 0.05) is 65.6 Å². The Bertz CT molecular complexity index is 1880. The van der Waals surface area contributed by atoms with E-state index in [0.717, 1.165) is 138 Å². The highest BCUT2D eigenvalue weighted by atomic mass is 35.5. The lowest BCUT2D eigenvalue weighted by Gasteiger charge is -2.43. The number of amides is 1. The molecule has 5 aliphatic heterocycles. The number of carboxylic acids is 1. The average Bonchev–Trinajstić information content (AvgIpc) is 3.55. The molecule has 2 aromatic carbocycles. The maximum atomic E-state index is 13.7. The standard InChI is InChI=1S/C45H56ClN3O6/c46-17-5-1-2-8-23-53-25-26-54-24-18-47-44(50)32-15-16-33(45(51)52)36(29-32)39-37-27-30-11-3-6-19-48-21-9-13-34(40(30)48)42(37)55-43-35-14-10-22-49-20-7-4-12-31(41(35)49)28-38(39)43/h15-16,27-29,40H,1-14,17-26H2,(H,47,50)(H,51,52). The molecule has 1 amide bonds. The van der Waals surface area contributed by atoms with Crippen LogP contribution in [0.25, 0.3) is 5.57 Å². The van der Waals surface area contributed by atoms with Crippen molar-refractivity contribution in [2.75, 3.05) is 69.9 Å². The molecule has 0 radical (unpaired) electrons. The van der Waals surface area contributed by atoms with E-state index in [4.69, 9.17) is 25.8 Å². The van der Waals surface area contributed by atoms with E-state index in [1.165, 1.54) is 34.4 Å². The second-order valence-corrected chi connectivity index (χ2v) is 16.3. The van der Waals surface area contributed by atoms with Crippen LogP contribution in [0.4, 0.5) is 5.69 Å².